The molecule has 4 heterocycles. The number of carbonyl (C=O) groups is 1. The summed E-state index contributed by atoms with van der Waals surface area (Å²) in [6.07, 6.45) is 1.37. The first-order chi connectivity index (χ1) is 18.0. The van der Waals surface area contributed by atoms with Gasteiger partial charge < -0.3 is 10.6 Å². The number of amides is 1. The summed E-state index contributed by atoms with van der Waals surface area (Å²) in [5.41, 5.74) is 0.639. The van der Waals surface area contributed by atoms with Crippen LogP contribution in [0.25, 0.3) is 5.52 Å². The average Bonchev–Trinajstić information content (AvgIpc) is 3.43. The van der Waals surface area contributed by atoms with E-state index in [4.69, 9.17) is 0 Å². The van der Waals surface area contributed by atoms with Crippen LogP contribution in [0.15, 0.2) is 42.6 Å². The summed E-state index contributed by atoms with van der Waals surface area (Å²) in [6, 6.07) is 6.81. The second kappa shape index (κ2) is 9.67. The van der Waals surface area contributed by atoms with Gasteiger partial charge in [-0.15, -0.1) is 5.10 Å². The Morgan fingerprint density at radius 2 is 1.97 bits per heavy atom. The van der Waals surface area contributed by atoms with Crippen LogP contribution in [-0.2, 0) is 10.7 Å². The van der Waals surface area contributed by atoms with Crippen molar-refractivity contribution in [3.8, 4) is 0 Å². The van der Waals surface area contributed by atoms with E-state index in [0.29, 0.717) is 18.1 Å². The van der Waals surface area contributed by atoms with Crippen molar-refractivity contribution in [1.82, 2.24) is 29.7 Å². The number of alkyl halides is 4. The van der Waals surface area contributed by atoms with E-state index in [2.05, 4.69) is 30.9 Å². The van der Waals surface area contributed by atoms with Crippen molar-refractivity contribution in [2.24, 2.45) is 0 Å². The Morgan fingerprint density at radius 3 is 2.66 bits per heavy atom. The van der Waals surface area contributed by atoms with Gasteiger partial charge in [-0.2, -0.15) is 13.9 Å². The van der Waals surface area contributed by atoms with Gasteiger partial charge in [0, 0.05) is 23.7 Å². The van der Waals surface area contributed by atoms with Crippen LogP contribution in [0, 0.1) is 12.7 Å². The van der Waals surface area contributed by atoms with Crippen molar-refractivity contribution in [1.29, 1.82) is 0 Å². The number of aromatic nitrogens is 5. The summed E-state index contributed by atoms with van der Waals surface area (Å²) in [7, 11) is 0. The molecule has 0 radical (unpaired) electrons. The van der Waals surface area contributed by atoms with E-state index in [1.807, 2.05) is 0 Å². The highest BCUT2D eigenvalue weighted by molar-refractivity contribution is 5.93. The van der Waals surface area contributed by atoms with Crippen LogP contribution in [0.1, 0.15) is 29.9 Å². The number of likely N-dealkylation sites (tertiary alicyclic amines) is 1. The molecule has 3 N–H and O–H groups in total. The third-order valence-electron chi connectivity index (χ3n) is 6.03. The number of hydrogen-bond donors (Lipinski definition) is 3. The molecule has 5 rings (SSSR count). The Balaban J connectivity index is 1.46. The number of nitrogens with zero attached hydrogens (tertiary/aromatic N) is 5. The van der Waals surface area contributed by atoms with Crippen molar-refractivity contribution in [3.63, 3.8) is 0 Å². The van der Waals surface area contributed by atoms with Gasteiger partial charge in [0.25, 0.3) is 5.92 Å². The molecule has 1 aromatic carbocycles. The molecule has 0 atom stereocenters. The molecule has 0 saturated carbocycles. The number of halogens is 5. The van der Waals surface area contributed by atoms with Crippen LogP contribution in [0.4, 0.5) is 39.3 Å². The standard InChI is InChI=1S/C24H23F5N8O/c1-14-9-19(34-33-14)31-21-18-10-17(30-20(38)12-36-8-2-7-23(26,27)13-36)11-37(18)35-22(32-21)24(28,29)15-3-5-16(25)6-4-15/h3-6,9-11H,2,7-8,12-13H2,1H3,(H,30,38)(H2,31,32,33,34,35). The first kappa shape index (κ1) is 25.6. The number of rotatable bonds is 7. The normalized spacial score (nSPS) is 16.1. The van der Waals surface area contributed by atoms with Crippen molar-refractivity contribution >= 4 is 28.7 Å². The number of carbonyl (C=O) groups excluding carboxylic acids is 1. The third kappa shape index (κ3) is 5.44. The van der Waals surface area contributed by atoms with Crippen molar-refractivity contribution in [2.45, 2.75) is 31.6 Å². The number of H-pyrrole nitrogens is 1. The quantitative estimate of drug-likeness (QED) is 0.303. The number of aromatic amines is 1. The van der Waals surface area contributed by atoms with Gasteiger partial charge in [0.15, 0.2) is 11.6 Å². The third-order valence-corrected chi connectivity index (χ3v) is 6.03. The van der Waals surface area contributed by atoms with E-state index in [-0.39, 0.29) is 36.4 Å². The van der Waals surface area contributed by atoms with Gasteiger partial charge in [-0.3, -0.25) is 14.8 Å². The molecule has 0 spiro atoms. The topological polar surface area (TPSA) is 103 Å². The molecule has 1 saturated heterocycles. The summed E-state index contributed by atoms with van der Waals surface area (Å²) >= 11 is 0. The maximum absolute atomic E-state index is 15.4. The minimum atomic E-state index is -3.69. The SMILES string of the molecule is Cc1cc(Nc2nc(C(F)(F)c3ccc(F)cc3)nn3cc(NC(=O)CN4CCCC(F)(F)C4)cc23)n[nH]1. The summed E-state index contributed by atoms with van der Waals surface area (Å²) < 4.78 is 72.5. The molecule has 1 fully saturated rings. The molecule has 9 nitrogen and oxygen atoms in total. The lowest BCUT2D eigenvalue weighted by Gasteiger charge is -2.31. The van der Waals surface area contributed by atoms with Crippen LogP contribution in [0.2, 0.25) is 0 Å². The molecule has 3 aromatic heterocycles. The maximum Gasteiger partial charge on any atom is 0.333 e. The molecular weight excluding hydrogens is 511 g/mol. The second-order valence-corrected chi connectivity index (χ2v) is 9.20. The smallest absolute Gasteiger partial charge is 0.324 e. The number of piperidine rings is 1. The lowest BCUT2D eigenvalue weighted by molar-refractivity contribution is -0.120. The van der Waals surface area contributed by atoms with Gasteiger partial charge in [0.05, 0.1) is 25.0 Å². The zero-order valence-corrected chi connectivity index (χ0v) is 20.1. The molecule has 0 bridgehead atoms. The zero-order chi connectivity index (χ0) is 27.1. The molecule has 38 heavy (non-hydrogen) atoms. The minimum absolute atomic E-state index is 0.0283. The van der Waals surface area contributed by atoms with Crippen LogP contribution in [0.5, 0.6) is 0 Å². The molecule has 4 aromatic rings. The van der Waals surface area contributed by atoms with E-state index in [1.165, 1.54) is 17.2 Å². The van der Waals surface area contributed by atoms with Gasteiger partial charge in [0.1, 0.15) is 11.3 Å². The summed E-state index contributed by atoms with van der Waals surface area (Å²) in [5, 5.41) is 16.2. The largest absolute Gasteiger partial charge is 0.333 e. The molecular formula is C24H23F5N8O. The van der Waals surface area contributed by atoms with Gasteiger partial charge in [-0.05, 0) is 50.2 Å². The average molecular weight is 534 g/mol. The predicted molar refractivity (Wildman–Crippen MR) is 128 cm³/mol. The summed E-state index contributed by atoms with van der Waals surface area (Å²) in [6.45, 7) is 1.36. The molecule has 1 amide bonds. The number of aryl methyl sites for hydroxylation is 1. The zero-order valence-electron chi connectivity index (χ0n) is 20.1. The number of anilines is 3. The van der Waals surface area contributed by atoms with Gasteiger partial charge >= 0.3 is 5.92 Å². The molecule has 1 aliphatic rings. The van der Waals surface area contributed by atoms with E-state index in [9.17, 15) is 18.0 Å². The number of nitrogens with one attached hydrogen (secondary N) is 3. The van der Waals surface area contributed by atoms with E-state index in [1.54, 1.807) is 13.0 Å². The first-order valence-corrected chi connectivity index (χ1v) is 11.7. The summed E-state index contributed by atoms with van der Waals surface area (Å²) in [5.74, 6) is -8.35. The molecule has 0 aliphatic carbocycles. The van der Waals surface area contributed by atoms with Gasteiger partial charge in [-0.1, -0.05) is 0 Å². The Morgan fingerprint density at radius 1 is 1.21 bits per heavy atom. The Bertz CT molecular complexity index is 1470. The van der Waals surface area contributed by atoms with Crippen LogP contribution >= 0.6 is 0 Å². The highest BCUT2D eigenvalue weighted by Gasteiger charge is 2.39. The van der Waals surface area contributed by atoms with Crippen molar-refractivity contribution in [3.05, 3.63) is 65.5 Å². The highest BCUT2D eigenvalue weighted by Crippen LogP contribution is 2.35. The molecule has 0 unspecified atom stereocenters. The minimum Gasteiger partial charge on any atom is -0.324 e. The monoisotopic (exact) mass is 534 g/mol. The number of fused-ring (bicyclic) bond motifs is 1. The highest BCUT2D eigenvalue weighted by atomic mass is 19.3. The van der Waals surface area contributed by atoms with E-state index >= 15 is 8.78 Å². The number of benzene rings is 1. The van der Waals surface area contributed by atoms with E-state index < -0.39 is 41.5 Å². The lowest BCUT2D eigenvalue weighted by Crippen LogP contribution is -2.45. The lowest BCUT2D eigenvalue weighted by atomic mass is 10.1. The Kier molecular flexibility index (Phi) is 6.51. The van der Waals surface area contributed by atoms with Crippen LogP contribution in [-0.4, -0.2) is 61.2 Å². The van der Waals surface area contributed by atoms with Crippen molar-refractivity contribution in [2.75, 3.05) is 30.3 Å². The van der Waals surface area contributed by atoms with Crippen LogP contribution < -0.4 is 10.6 Å². The fourth-order valence-corrected chi connectivity index (χ4v) is 4.27. The maximum atomic E-state index is 15.4. The predicted octanol–water partition coefficient (Wildman–Crippen LogP) is 4.45. The fourth-order valence-electron chi connectivity index (χ4n) is 4.27. The second-order valence-electron chi connectivity index (χ2n) is 9.20. The summed E-state index contributed by atoms with van der Waals surface area (Å²) in [4.78, 5) is 18.0. The molecule has 200 valence electrons. The van der Waals surface area contributed by atoms with E-state index in [0.717, 1.165) is 28.8 Å². The molecule has 1 aliphatic heterocycles. The Hall–Kier alpha value is -4.07. The first-order valence-electron chi connectivity index (χ1n) is 11.7. The molecule has 14 heteroatoms. The number of hydrogen-bond acceptors (Lipinski definition) is 6. The van der Waals surface area contributed by atoms with Crippen molar-refractivity contribution < 1.29 is 26.7 Å². The van der Waals surface area contributed by atoms with Gasteiger partial charge in [0.2, 0.25) is 11.7 Å². The van der Waals surface area contributed by atoms with Gasteiger partial charge in [-0.25, -0.2) is 22.7 Å². The fraction of sp³-hybridized carbons (Fsp3) is 0.333. The Labute approximate surface area is 213 Å². The van der Waals surface area contributed by atoms with Crippen LogP contribution in [0.3, 0.4) is 0 Å².